The zero-order chi connectivity index (χ0) is 12.7. The van der Waals surface area contributed by atoms with Crippen molar-refractivity contribution in [1.82, 2.24) is 15.5 Å². The van der Waals surface area contributed by atoms with Crippen molar-refractivity contribution in [2.45, 2.75) is 52.1 Å². The molecule has 100 valence electrons. The molecule has 0 aliphatic carbocycles. The summed E-state index contributed by atoms with van der Waals surface area (Å²) in [4.78, 5) is 14.0. The van der Waals surface area contributed by atoms with E-state index < -0.39 is 0 Å². The lowest BCUT2D eigenvalue weighted by molar-refractivity contribution is -0.122. The van der Waals surface area contributed by atoms with E-state index >= 15 is 0 Å². The van der Waals surface area contributed by atoms with E-state index in [4.69, 9.17) is 0 Å². The smallest absolute Gasteiger partial charge is 0.234 e. The van der Waals surface area contributed by atoms with E-state index in [9.17, 15) is 4.79 Å². The Labute approximate surface area is 105 Å². The quantitative estimate of drug-likeness (QED) is 0.653. The van der Waals surface area contributed by atoms with Crippen molar-refractivity contribution in [3.05, 3.63) is 0 Å². The summed E-state index contributed by atoms with van der Waals surface area (Å²) in [5, 5.41) is 6.24. The van der Waals surface area contributed by atoms with Gasteiger partial charge >= 0.3 is 0 Å². The van der Waals surface area contributed by atoms with Crippen LogP contribution in [0.25, 0.3) is 0 Å². The molecule has 0 aromatic carbocycles. The fraction of sp³-hybridized carbons (Fsp3) is 0.923. The zero-order valence-corrected chi connectivity index (χ0v) is 11.5. The molecule has 2 N–H and O–H groups in total. The van der Waals surface area contributed by atoms with Gasteiger partial charge in [-0.1, -0.05) is 6.92 Å². The lowest BCUT2D eigenvalue weighted by Crippen LogP contribution is -2.43. The molecule has 4 heteroatoms. The molecule has 2 unspecified atom stereocenters. The Morgan fingerprint density at radius 1 is 1.18 bits per heavy atom. The molecule has 2 atom stereocenters. The van der Waals surface area contributed by atoms with Crippen LogP contribution in [0, 0.1) is 0 Å². The molecule has 1 heterocycles. The molecule has 1 aliphatic rings. The summed E-state index contributed by atoms with van der Waals surface area (Å²) in [6.07, 6.45) is 3.57. The van der Waals surface area contributed by atoms with E-state index in [1.54, 1.807) is 0 Å². The van der Waals surface area contributed by atoms with Gasteiger partial charge in [-0.25, -0.2) is 0 Å². The van der Waals surface area contributed by atoms with Gasteiger partial charge in [0.05, 0.1) is 6.54 Å². The van der Waals surface area contributed by atoms with E-state index in [1.807, 2.05) is 0 Å². The summed E-state index contributed by atoms with van der Waals surface area (Å²) in [7, 11) is 0. The Bertz CT molecular complexity index is 223. The highest BCUT2D eigenvalue weighted by Gasteiger charge is 2.28. The second-order valence-electron chi connectivity index (χ2n) is 5.05. The molecule has 4 nitrogen and oxygen atoms in total. The van der Waals surface area contributed by atoms with Crippen LogP contribution in [-0.4, -0.2) is 49.1 Å². The number of nitrogens with zero attached hydrogens (tertiary/aromatic N) is 1. The standard InChI is InChI=1S/C13H27N3O/c1-4-7-14-8-9-15-13(17)10-16-11(2)5-6-12(16)3/h11-12,14H,4-10H2,1-3H3,(H,15,17). The predicted octanol–water partition coefficient (Wildman–Crippen LogP) is 0.975. The number of carbonyl (C=O) groups excluding carboxylic acids is 1. The van der Waals surface area contributed by atoms with Crippen LogP contribution >= 0.6 is 0 Å². The Morgan fingerprint density at radius 3 is 2.41 bits per heavy atom. The zero-order valence-electron chi connectivity index (χ0n) is 11.5. The lowest BCUT2D eigenvalue weighted by Gasteiger charge is -2.25. The fourth-order valence-corrected chi connectivity index (χ4v) is 2.37. The van der Waals surface area contributed by atoms with Gasteiger partial charge in [-0.05, 0) is 39.7 Å². The highest BCUT2D eigenvalue weighted by molar-refractivity contribution is 5.78. The lowest BCUT2D eigenvalue weighted by atomic mass is 10.2. The van der Waals surface area contributed by atoms with Crippen molar-refractivity contribution in [2.75, 3.05) is 26.2 Å². The average Bonchev–Trinajstić information content (AvgIpc) is 2.60. The van der Waals surface area contributed by atoms with E-state index in [0.717, 1.165) is 26.1 Å². The number of hydrogen-bond donors (Lipinski definition) is 2. The molecule has 0 bridgehead atoms. The number of likely N-dealkylation sites (tertiary alicyclic amines) is 1. The Balaban J connectivity index is 2.12. The van der Waals surface area contributed by atoms with Crippen molar-refractivity contribution >= 4 is 5.91 Å². The molecule has 0 aromatic heterocycles. The molecule has 0 radical (unpaired) electrons. The molecule has 17 heavy (non-hydrogen) atoms. The highest BCUT2D eigenvalue weighted by Crippen LogP contribution is 2.22. The van der Waals surface area contributed by atoms with E-state index in [2.05, 4.69) is 36.3 Å². The van der Waals surface area contributed by atoms with Gasteiger partial charge in [0.15, 0.2) is 0 Å². The van der Waals surface area contributed by atoms with Crippen LogP contribution in [0.15, 0.2) is 0 Å². The molecule has 0 aromatic rings. The van der Waals surface area contributed by atoms with E-state index in [-0.39, 0.29) is 5.91 Å². The molecular weight excluding hydrogens is 214 g/mol. The van der Waals surface area contributed by atoms with Crippen LogP contribution in [0.3, 0.4) is 0 Å². The van der Waals surface area contributed by atoms with Crippen molar-refractivity contribution in [1.29, 1.82) is 0 Å². The maximum atomic E-state index is 11.7. The summed E-state index contributed by atoms with van der Waals surface area (Å²) in [6, 6.07) is 1.10. The molecule has 1 amide bonds. The summed E-state index contributed by atoms with van der Waals surface area (Å²) in [6.45, 7) is 9.73. The third-order valence-electron chi connectivity index (χ3n) is 3.51. The second kappa shape index (κ2) is 7.67. The number of rotatable bonds is 7. The number of nitrogens with one attached hydrogen (secondary N) is 2. The molecule has 0 spiro atoms. The normalized spacial score (nSPS) is 25.1. The topological polar surface area (TPSA) is 44.4 Å². The van der Waals surface area contributed by atoms with Gasteiger partial charge in [0.1, 0.15) is 0 Å². The minimum absolute atomic E-state index is 0.156. The van der Waals surface area contributed by atoms with Gasteiger partial charge in [0.25, 0.3) is 0 Å². The number of carbonyl (C=O) groups is 1. The SMILES string of the molecule is CCCNCCNC(=O)CN1C(C)CCC1C. The number of amides is 1. The first-order chi connectivity index (χ1) is 8.15. The molecule has 0 saturated carbocycles. The minimum atomic E-state index is 0.156. The Morgan fingerprint density at radius 2 is 1.82 bits per heavy atom. The van der Waals surface area contributed by atoms with Gasteiger partial charge in [0, 0.05) is 25.2 Å². The first-order valence-corrected chi connectivity index (χ1v) is 6.88. The maximum absolute atomic E-state index is 11.7. The summed E-state index contributed by atoms with van der Waals surface area (Å²) in [5.74, 6) is 0.156. The molecule has 1 saturated heterocycles. The monoisotopic (exact) mass is 241 g/mol. The van der Waals surface area contributed by atoms with Gasteiger partial charge in [-0.15, -0.1) is 0 Å². The summed E-state index contributed by atoms with van der Waals surface area (Å²) >= 11 is 0. The third-order valence-corrected chi connectivity index (χ3v) is 3.51. The van der Waals surface area contributed by atoms with Gasteiger partial charge in [-0.2, -0.15) is 0 Å². The van der Waals surface area contributed by atoms with E-state index in [1.165, 1.54) is 12.8 Å². The third kappa shape index (κ3) is 5.04. The van der Waals surface area contributed by atoms with Crippen LogP contribution in [0.1, 0.15) is 40.0 Å². The van der Waals surface area contributed by atoms with E-state index in [0.29, 0.717) is 18.6 Å². The average molecular weight is 241 g/mol. The summed E-state index contributed by atoms with van der Waals surface area (Å²) < 4.78 is 0. The Kier molecular flexibility index (Phi) is 6.52. The van der Waals surface area contributed by atoms with Crippen LogP contribution in [0.4, 0.5) is 0 Å². The van der Waals surface area contributed by atoms with Crippen LogP contribution in [0.2, 0.25) is 0 Å². The number of hydrogen-bond acceptors (Lipinski definition) is 3. The van der Waals surface area contributed by atoms with Crippen molar-refractivity contribution < 1.29 is 4.79 Å². The largest absolute Gasteiger partial charge is 0.354 e. The molecular formula is C13H27N3O. The van der Waals surface area contributed by atoms with Crippen LogP contribution in [-0.2, 0) is 4.79 Å². The van der Waals surface area contributed by atoms with Gasteiger partial charge in [0.2, 0.25) is 5.91 Å². The second-order valence-corrected chi connectivity index (χ2v) is 5.05. The highest BCUT2D eigenvalue weighted by atomic mass is 16.2. The van der Waals surface area contributed by atoms with Crippen molar-refractivity contribution in [3.63, 3.8) is 0 Å². The minimum Gasteiger partial charge on any atom is -0.354 e. The molecule has 1 rings (SSSR count). The van der Waals surface area contributed by atoms with Crippen LogP contribution in [0.5, 0.6) is 0 Å². The molecule has 1 aliphatic heterocycles. The van der Waals surface area contributed by atoms with Crippen LogP contribution < -0.4 is 10.6 Å². The van der Waals surface area contributed by atoms with Crippen molar-refractivity contribution in [2.24, 2.45) is 0 Å². The van der Waals surface area contributed by atoms with Crippen molar-refractivity contribution in [3.8, 4) is 0 Å². The maximum Gasteiger partial charge on any atom is 0.234 e. The first-order valence-electron chi connectivity index (χ1n) is 6.88. The fourth-order valence-electron chi connectivity index (χ4n) is 2.37. The Hall–Kier alpha value is -0.610. The first kappa shape index (κ1) is 14.5. The molecule has 1 fully saturated rings. The predicted molar refractivity (Wildman–Crippen MR) is 71.0 cm³/mol. The van der Waals surface area contributed by atoms with Gasteiger partial charge < -0.3 is 10.6 Å². The van der Waals surface area contributed by atoms with Gasteiger partial charge in [-0.3, -0.25) is 9.69 Å². The summed E-state index contributed by atoms with van der Waals surface area (Å²) in [5.41, 5.74) is 0.